The highest BCUT2D eigenvalue weighted by molar-refractivity contribution is 7.89. The Hall–Kier alpha value is -2.58. The highest BCUT2D eigenvalue weighted by Crippen LogP contribution is 2.38. The topological polar surface area (TPSA) is 102 Å². The summed E-state index contributed by atoms with van der Waals surface area (Å²) in [6.45, 7) is 2.64. The lowest BCUT2D eigenvalue weighted by atomic mass is 10.0. The van der Waals surface area contributed by atoms with E-state index in [1.54, 1.807) is 25.1 Å². The molecule has 0 fully saturated rings. The van der Waals surface area contributed by atoms with Gasteiger partial charge in [0.15, 0.2) is 11.5 Å². The predicted octanol–water partition coefficient (Wildman–Crippen LogP) is 2.12. The third kappa shape index (κ3) is 3.45. The van der Waals surface area contributed by atoms with Crippen molar-refractivity contribution in [3.63, 3.8) is 0 Å². The molecule has 0 bridgehead atoms. The van der Waals surface area contributed by atoms with Crippen LogP contribution in [0.5, 0.6) is 11.5 Å². The van der Waals surface area contributed by atoms with Gasteiger partial charge >= 0.3 is 5.97 Å². The fourth-order valence-electron chi connectivity index (χ4n) is 2.58. The van der Waals surface area contributed by atoms with Crippen LogP contribution < -0.4 is 14.2 Å². The first kappa shape index (κ1) is 17.2. The Labute approximate surface area is 145 Å². The molecule has 0 amide bonds. The average Bonchev–Trinajstić information content (AvgIpc) is 2.60. The molecule has 0 spiro atoms. The number of carboxylic acid groups (broad SMARTS) is 1. The molecule has 1 aliphatic heterocycles. The zero-order chi connectivity index (χ0) is 18.0. The molecule has 0 atom stereocenters. The summed E-state index contributed by atoms with van der Waals surface area (Å²) in [4.78, 5) is 11.6. The number of hydrogen-bond acceptors (Lipinski definition) is 5. The summed E-state index contributed by atoms with van der Waals surface area (Å²) in [6.07, 6.45) is 0. The fraction of sp³-hybridized carbons (Fsp3) is 0.235. The van der Waals surface area contributed by atoms with E-state index < -0.39 is 16.0 Å². The lowest BCUT2D eigenvalue weighted by Crippen LogP contribution is -2.22. The third-order valence-corrected chi connectivity index (χ3v) is 5.27. The SMILES string of the molecule is CCNS(=O)(=O)c1ccc(-c2cc3c(c(C(=O)O)c2)OCCO3)cc1. The van der Waals surface area contributed by atoms with Gasteiger partial charge in [0, 0.05) is 6.54 Å². The van der Waals surface area contributed by atoms with Gasteiger partial charge in [-0.25, -0.2) is 17.9 Å². The lowest BCUT2D eigenvalue weighted by molar-refractivity contribution is 0.0686. The molecule has 25 heavy (non-hydrogen) atoms. The van der Waals surface area contributed by atoms with Crippen molar-refractivity contribution in [2.24, 2.45) is 0 Å². The van der Waals surface area contributed by atoms with Gasteiger partial charge in [0.2, 0.25) is 10.0 Å². The summed E-state index contributed by atoms with van der Waals surface area (Å²) >= 11 is 0. The van der Waals surface area contributed by atoms with E-state index in [4.69, 9.17) is 9.47 Å². The molecule has 0 saturated heterocycles. The van der Waals surface area contributed by atoms with Gasteiger partial charge < -0.3 is 14.6 Å². The van der Waals surface area contributed by atoms with Crippen LogP contribution in [0.1, 0.15) is 17.3 Å². The van der Waals surface area contributed by atoms with E-state index in [0.717, 1.165) is 0 Å². The number of nitrogens with one attached hydrogen (secondary N) is 1. The third-order valence-electron chi connectivity index (χ3n) is 3.70. The van der Waals surface area contributed by atoms with Crippen LogP contribution in [0, 0.1) is 0 Å². The van der Waals surface area contributed by atoms with Crippen molar-refractivity contribution in [2.75, 3.05) is 19.8 Å². The Bertz CT molecular complexity index is 905. The van der Waals surface area contributed by atoms with Crippen LogP contribution in [-0.4, -0.2) is 39.3 Å². The number of carboxylic acids is 1. The molecule has 2 aromatic carbocycles. The van der Waals surface area contributed by atoms with Crippen LogP contribution in [0.2, 0.25) is 0 Å². The number of hydrogen-bond donors (Lipinski definition) is 2. The van der Waals surface area contributed by atoms with E-state index in [0.29, 0.717) is 36.6 Å². The van der Waals surface area contributed by atoms with Gasteiger partial charge in [0.05, 0.1) is 4.90 Å². The molecule has 0 aromatic heterocycles. The Morgan fingerprint density at radius 3 is 2.44 bits per heavy atom. The minimum Gasteiger partial charge on any atom is -0.486 e. The van der Waals surface area contributed by atoms with E-state index in [2.05, 4.69) is 4.72 Å². The standard InChI is InChI=1S/C17H17NO6S/c1-2-18-25(21,22)13-5-3-11(4-6-13)12-9-14(17(19)20)16-15(10-12)23-7-8-24-16/h3-6,9-10,18H,2,7-8H2,1H3,(H,19,20). The van der Waals surface area contributed by atoms with Crippen LogP contribution in [0.15, 0.2) is 41.3 Å². The number of rotatable bonds is 5. The van der Waals surface area contributed by atoms with Crippen molar-refractivity contribution in [1.29, 1.82) is 0 Å². The molecule has 8 heteroatoms. The Morgan fingerprint density at radius 1 is 1.12 bits per heavy atom. The van der Waals surface area contributed by atoms with Gasteiger partial charge in [-0.15, -0.1) is 0 Å². The van der Waals surface area contributed by atoms with Gasteiger partial charge in [-0.2, -0.15) is 0 Å². The number of carbonyl (C=O) groups is 1. The second-order valence-electron chi connectivity index (χ2n) is 5.38. The summed E-state index contributed by atoms with van der Waals surface area (Å²) in [5, 5.41) is 9.40. The van der Waals surface area contributed by atoms with E-state index in [1.807, 2.05) is 0 Å². The number of benzene rings is 2. The van der Waals surface area contributed by atoms with Crippen molar-refractivity contribution < 1.29 is 27.8 Å². The monoisotopic (exact) mass is 363 g/mol. The fourth-order valence-corrected chi connectivity index (χ4v) is 3.62. The maximum atomic E-state index is 12.0. The maximum Gasteiger partial charge on any atom is 0.339 e. The quantitative estimate of drug-likeness (QED) is 0.844. The summed E-state index contributed by atoms with van der Waals surface area (Å²) in [5.74, 6) is -0.533. The van der Waals surface area contributed by atoms with Crippen molar-refractivity contribution in [3.05, 3.63) is 42.0 Å². The summed E-state index contributed by atoms with van der Waals surface area (Å²) in [5.41, 5.74) is 1.29. The number of fused-ring (bicyclic) bond motifs is 1. The molecule has 2 N–H and O–H groups in total. The van der Waals surface area contributed by atoms with Crippen molar-refractivity contribution in [3.8, 4) is 22.6 Å². The van der Waals surface area contributed by atoms with E-state index in [-0.39, 0.29) is 16.2 Å². The highest BCUT2D eigenvalue weighted by Gasteiger charge is 2.22. The minimum atomic E-state index is -3.53. The molecule has 0 aliphatic carbocycles. The first-order valence-corrected chi connectivity index (χ1v) is 9.17. The van der Waals surface area contributed by atoms with Crippen molar-refractivity contribution >= 4 is 16.0 Å². The molecular weight excluding hydrogens is 346 g/mol. The van der Waals surface area contributed by atoms with Gasteiger partial charge in [-0.05, 0) is 35.4 Å². The van der Waals surface area contributed by atoms with Gasteiger partial charge in [-0.1, -0.05) is 19.1 Å². The highest BCUT2D eigenvalue weighted by atomic mass is 32.2. The zero-order valence-electron chi connectivity index (χ0n) is 13.5. The summed E-state index contributed by atoms with van der Waals surface area (Å²) in [7, 11) is -3.53. The minimum absolute atomic E-state index is 0.0107. The van der Waals surface area contributed by atoms with Gasteiger partial charge in [-0.3, -0.25) is 0 Å². The normalized spacial score (nSPS) is 13.5. The van der Waals surface area contributed by atoms with E-state index >= 15 is 0 Å². The summed E-state index contributed by atoms with van der Waals surface area (Å²) in [6, 6.07) is 9.38. The van der Waals surface area contributed by atoms with E-state index in [9.17, 15) is 18.3 Å². The zero-order valence-corrected chi connectivity index (χ0v) is 14.3. The predicted molar refractivity (Wildman–Crippen MR) is 90.7 cm³/mol. The van der Waals surface area contributed by atoms with Crippen LogP contribution in [0.4, 0.5) is 0 Å². The molecule has 2 aromatic rings. The molecule has 0 radical (unpaired) electrons. The molecular formula is C17H17NO6S. The molecule has 1 aliphatic rings. The van der Waals surface area contributed by atoms with Crippen molar-refractivity contribution in [1.82, 2.24) is 4.72 Å². The van der Waals surface area contributed by atoms with Crippen LogP contribution in [0.25, 0.3) is 11.1 Å². The smallest absolute Gasteiger partial charge is 0.339 e. The summed E-state index contributed by atoms with van der Waals surface area (Å²) < 4.78 is 37.3. The number of ether oxygens (including phenoxy) is 2. The van der Waals surface area contributed by atoms with Crippen LogP contribution in [-0.2, 0) is 10.0 Å². The Balaban J connectivity index is 2.02. The molecule has 1 heterocycles. The largest absolute Gasteiger partial charge is 0.486 e. The second kappa shape index (κ2) is 6.73. The number of aromatic carboxylic acids is 1. The van der Waals surface area contributed by atoms with Crippen molar-refractivity contribution in [2.45, 2.75) is 11.8 Å². The first-order valence-electron chi connectivity index (χ1n) is 7.69. The molecule has 0 unspecified atom stereocenters. The number of sulfonamides is 1. The first-order chi connectivity index (χ1) is 11.9. The Kier molecular flexibility index (Phi) is 4.65. The molecule has 132 valence electrons. The Morgan fingerprint density at radius 2 is 1.80 bits per heavy atom. The van der Waals surface area contributed by atoms with Gasteiger partial charge in [0.25, 0.3) is 0 Å². The van der Waals surface area contributed by atoms with Gasteiger partial charge in [0.1, 0.15) is 18.8 Å². The van der Waals surface area contributed by atoms with E-state index in [1.165, 1.54) is 18.2 Å². The van der Waals surface area contributed by atoms with Crippen LogP contribution in [0.3, 0.4) is 0 Å². The molecule has 0 saturated carbocycles. The second-order valence-corrected chi connectivity index (χ2v) is 7.15. The maximum absolute atomic E-state index is 12.0. The van der Waals surface area contributed by atoms with Crippen LogP contribution >= 0.6 is 0 Å². The molecule has 3 rings (SSSR count). The molecule has 7 nitrogen and oxygen atoms in total. The lowest BCUT2D eigenvalue weighted by Gasteiger charge is -2.21. The average molecular weight is 363 g/mol.